The fourth-order valence-electron chi connectivity index (χ4n) is 3.24. The normalized spacial score (nSPS) is 11.1. The predicted molar refractivity (Wildman–Crippen MR) is 115 cm³/mol. The average Bonchev–Trinajstić information content (AvgIpc) is 3.52. The van der Waals surface area contributed by atoms with Crippen LogP contribution in [-0.2, 0) is 6.54 Å². The molecule has 30 heavy (non-hydrogen) atoms. The van der Waals surface area contributed by atoms with Crippen molar-refractivity contribution >= 4 is 28.1 Å². The highest BCUT2D eigenvalue weighted by Crippen LogP contribution is 2.30. The molecule has 0 fully saturated rings. The second kappa shape index (κ2) is 7.61. The molecule has 0 aliphatic carbocycles. The molecule has 0 saturated carbocycles. The number of nitrogens with zero attached hydrogens (tertiary/aromatic N) is 2. The molecule has 0 spiro atoms. The van der Waals surface area contributed by atoms with E-state index in [1.54, 1.807) is 18.4 Å². The summed E-state index contributed by atoms with van der Waals surface area (Å²) in [4.78, 5) is 18.3. The molecule has 3 aromatic heterocycles. The number of aryl methyl sites for hydroxylation is 1. The van der Waals surface area contributed by atoms with E-state index < -0.39 is 0 Å². The number of nitrogens with one attached hydrogen (secondary N) is 1. The van der Waals surface area contributed by atoms with Crippen LogP contribution in [0.4, 0.5) is 0 Å². The van der Waals surface area contributed by atoms with Crippen molar-refractivity contribution in [1.29, 1.82) is 0 Å². The Morgan fingerprint density at radius 3 is 2.77 bits per heavy atom. The maximum atomic E-state index is 12.8. The number of rotatable bonds is 5. The van der Waals surface area contributed by atoms with Gasteiger partial charge in [0.1, 0.15) is 5.52 Å². The molecule has 0 unspecified atom stereocenters. The van der Waals surface area contributed by atoms with Gasteiger partial charge in [-0.3, -0.25) is 4.79 Å². The van der Waals surface area contributed by atoms with Gasteiger partial charge in [0.25, 0.3) is 5.91 Å². The van der Waals surface area contributed by atoms with E-state index in [2.05, 4.69) is 15.5 Å². The second-order valence-electron chi connectivity index (χ2n) is 6.80. The van der Waals surface area contributed by atoms with E-state index in [4.69, 9.17) is 8.94 Å². The van der Waals surface area contributed by atoms with E-state index in [0.717, 1.165) is 32.3 Å². The SMILES string of the molecule is Cc1nc(-c2ccco2)sc1CNC(=O)c1ccc2noc(-c3ccccc3)c2c1. The van der Waals surface area contributed by atoms with Gasteiger partial charge in [-0.2, -0.15) is 0 Å². The van der Waals surface area contributed by atoms with Gasteiger partial charge in [-0.25, -0.2) is 4.98 Å². The Hall–Kier alpha value is -3.71. The van der Waals surface area contributed by atoms with Crippen molar-refractivity contribution in [3.05, 3.63) is 83.1 Å². The molecular weight excluding hydrogens is 398 g/mol. The smallest absolute Gasteiger partial charge is 0.251 e. The van der Waals surface area contributed by atoms with Crippen molar-refractivity contribution in [3.63, 3.8) is 0 Å². The first kappa shape index (κ1) is 18.3. The van der Waals surface area contributed by atoms with Gasteiger partial charge in [0, 0.05) is 16.0 Å². The monoisotopic (exact) mass is 415 g/mol. The van der Waals surface area contributed by atoms with Gasteiger partial charge in [-0.15, -0.1) is 11.3 Å². The first-order valence-electron chi connectivity index (χ1n) is 9.42. The van der Waals surface area contributed by atoms with Crippen molar-refractivity contribution in [2.24, 2.45) is 0 Å². The molecule has 2 aromatic carbocycles. The van der Waals surface area contributed by atoms with Crippen LogP contribution in [-0.4, -0.2) is 16.0 Å². The first-order valence-corrected chi connectivity index (χ1v) is 10.2. The summed E-state index contributed by atoms with van der Waals surface area (Å²) < 4.78 is 10.9. The lowest BCUT2D eigenvalue weighted by Crippen LogP contribution is -2.22. The van der Waals surface area contributed by atoms with Crippen LogP contribution in [0.5, 0.6) is 0 Å². The summed E-state index contributed by atoms with van der Waals surface area (Å²) in [6, 6.07) is 18.8. The van der Waals surface area contributed by atoms with Crippen molar-refractivity contribution in [3.8, 4) is 22.1 Å². The zero-order valence-electron chi connectivity index (χ0n) is 16.1. The molecule has 0 aliphatic rings. The van der Waals surface area contributed by atoms with Gasteiger partial charge in [-0.1, -0.05) is 35.5 Å². The molecule has 0 saturated heterocycles. The zero-order valence-corrected chi connectivity index (χ0v) is 16.9. The molecule has 1 amide bonds. The Bertz CT molecular complexity index is 1320. The lowest BCUT2D eigenvalue weighted by molar-refractivity contribution is 0.0951. The van der Waals surface area contributed by atoms with Crippen LogP contribution >= 0.6 is 11.3 Å². The number of benzene rings is 2. The molecular formula is C23H17N3O3S. The number of thiazole rings is 1. The van der Waals surface area contributed by atoms with E-state index in [0.29, 0.717) is 23.4 Å². The maximum absolute atomic E-state index is 12.8. The summed E-state index contributed by atoms with van der Waals surface area (Å²) in [5.41, 5.74) is 3.07. The number of carbonyl (C=O) groups is 1. The van der Waals surface area contributed by atoms with E-state index in [9.17, 15) is 4.79 Å². The molecule has 7 heteroatoms. The molecule has 0 bridgehead atoms. The van der Waals surface area contributed by atoms with Crippen LogP contribution in [0, 0.1) is 6.92 Å². The summed E-state index contributed by atoms with van der Waals surface area (Å²) >= 11 is 1.51. The first-order chi connectivity index (χ1) is 14.7. The second-order valence-corrected chi connectivity index (χ2v) is 7.88. The quantitative estimate of drug-likeness (QED) is 0.413. The summed E-state index contributed by atoms with van der Waals surface area (Å²) in [7, 11) is 0. The third kappa shape index (κ3) is 3.40. The standard InChI is InChI=1S/C23H17N3O3S/c1-14-20(30-23(25-14)19-8-5-11-28-19)13-24-22(27)16-9-10-18-17(12-16)21(29-26-18)15-6-3-2-4-7-15/h2-12H,13H2,1H3,(H,24,27). The highest BCUT2D eigenvalue weighted by molar-refractivity contribution is 7.15. The summed E-state index contributed by atoms with van der Waals surface area (Å²) in [6.07, 6.45) is 1.62. The Balaban J connectivity index is 1.37. The average molecular weight is 415 g/mol. The van der Waals surface area contributed by atoms with Crippen molar-refractivity contribution in [2.75, 3.05) is 0 Å². The number of carbonyl (C=O) groups excluding carboxylic acids is 1. The van der Waals surface area contributed by atoms with Gasteiger partial charge in [0.2, 0.25) is 0 Å². The third-order valence-electron chi connectivity index (χ3n) is 4.81. The van der Waals surface area contributed by atoms with E-state index in [1.807, 2.05) is 55.5 Å². The number of hydrogen-bond donors (Lipinski definition) is 1. The number of aromatic nitrogens is 2. The predicted octanol–water partition coefficient (Wildman–Crippen LogP) is 5.45. The van der Waals surface area contributed by atoms with Crippen LogP contribution in [0.3, 0.4) is 0 Å². The molecule has 5 rings (SSSR count). The van der Waals surface area contributed by atoms with Gasteiger partial charge in [-0.05, 0) is 37.3 Å². The van der Waals surface area contributed by atoms with Crippen LogP contribution < -0.4 is 5.32 Å². The minimum absolute atomic E-state index is 0.163. The van der Waals surface area contributed by atoms with Gasteiger partial charge >= 0.3 is 0 Å². The van der Waals surface area contributed by atoms with Crippen molar-refractivity contribution in [2.45, 2.75) is 13.5 Å². The van der Waals surface area contributed by atoms with Crippen LogP contribution in [0.2, 0.25) is 0 Å². The highest BCUT2D eigenvalue weighted by atomic mass is 32.1. The summed E-state index contributed by atoms with van der Waals surface area (Å²) in [6.45, 7) is 2.33. The Labute approximate surface area is 176 Å². The molecule has 1 N–H and O–H groups in total. The highest BCUT2D eigenvalue weighted by Gasteiger charge is 2.16. The molecule has 0 aliphatic heterocycles. The fourth-order valence-corrected chi connectivity index (χ4v) is 4.21. The Morgan fingerprint density at radius 2 is 1.97 bits per heavy atom. The molecule has 0 atom stereocenters. The minimum atomic E-state index is -0.163. The third-order valence-corrected chi connectivity index (χ3v) is 5.98. The molecule has 0 radical (unpaired) electrons. The largest absolute Gasteiger partial charge is 0.462 e. The lowest BCUT2D eigenvalue weighted by Gasteiger charge is -2.04. The summed E-state index contributed by atoms with van der Waals surface area (Å²) in [5, 5.41) is 8.70. The molecule has 6 nitrogen and oxygen atoms in total. The van der Waals surface area contributed by atoms with Gasteiger partial charge in [0.05, 0.1) is 23.9 Å². The van der Waals surface area contributed by atoms with Crippen molar-refractivity contribution < 1.29 is 13.7 Å². The van der Waals surface area contributed by atoms with Crippen LogP contribution in [0.25, 0.3) is 33.0 Å². The molecule has 148 valence electrons. The number of hydrogen-bond acceptors (Lipinski definition) is 6. The number of amides is 1. The van der Waals surface area contributed by atoms with Gasteiger partial charge < -0.3 is 14.3 Å². The van der Waals surface area contributed by atoms with E-state index in [1.165, 1.54) is 11.3 Å². The number of fused-ring (bicyclic) bond motifs is 1. The number of furan rings is 1. The maximum Gasteiger partial charge on any atom is 0.251 e. The topological polar surface area (TPSA) is 81.2 Å². The van der Waals surface area contributed by atoms with Gasteiger partial charge in [0.15, 0.2) is 16.5 Å². The molecule has 5 aromatic rings. The summed E-state index contributed by atoms with van der Waals surface area (Å²) in [5.74, 6) is 1.22. The molecule has 3 heterocycles. The Morgan fingerprint density at radius 1 is 1.10 bits per heavy atom. The van der Waals surface area contributed by atoms with E-state index in [-0.39, 0.29) is 5.91 Å². The zero-order chi connectivity index (χ0) is 20.5. The van der Waals surface area contributed by atoms with Crippen LogP contribution in [0.1, 0.15) is 20.9 Å². The van der Waals surface area contributed by atoms with E-state index >= 15 is 0 Å². The van der Waals surface area contributed by atoms with Crippen molar-refractivity contribution in [1.82, 2.24) is 15.5 Å². The fraction of sp³-hybridized carbons (Fsp3) is 0.0870. The van der Waals surface area contributed by atoms with Crippen LogP contribution in [0.15, 0.2) is 75.9 Å². The Kier molecular flexibility index (Phi) is 4.65. The lowest BCUT2D eigenvalue weighted by atomic mass is 10.1. The minimum Gasteiger partial charge on any atom is -0.462 e.